The molecule has 7 nitrogen and oxygen atoms in total. The topological polar surface area (TPSA) is 88.9 Å². The summed E-state index contributed by atoms with van der Waals surface area (Å²) in [7, 11) is 1.55. The standard InChI is InChI=1S/C15H19N5O2/c1-9(2)20-12-10(7-18-20)6-11(8-17-12)19-14(22)15(4-5-15)13(21)16-3/h6-9H,4-5H2,1-3H3,(H,16,21)(H,19,22). The van der Waals surface area contributed by atoms with Crippen molar-refractivity contribution in [3.63, 3.8) is 0 Å². The molecule has 7 heteroatoms. The lowest BCUT2D eigenvalue weighted by Crippen LogP contribution is -2.38. The second-order valence-electron chi connectivity index (χ2n) is 5.94. The smallest absolute Gasteiger partial charge is 0.240 e. The number of carbonyl (C=O) groups is 2. The summed E-state index contributed by atoms with van der Waals surface area (Å²) in [5.41, 5.74) is 0.447. The van der Waals surface area contributed by atoms with Crippen LogP contribution in [0.15, 0.2) is 18.5 Å². The first kappa shape index (κ1) is 14.5. The van der Waals surface area contributed by atoms with E-state index >= 15 is 0 Å². The number of fused-ring (bicyclic) bond motifs is 1. The second kappa shape index (κ2) is 5.08. The molecule has 0 radical (unpaired) electrons. The number of hydrogen-bond donors (Lipinski definition) is 2. The minimum atomic E-state index is -0.911. The van der Waals surface area contributed by atoms with Gasteiger partial charge in [-0.2, -0.15) is 5.10 Å². The highest BCUT2D eigenvalue weighted by Crippen LogP contribution is 2.46. The number of amides is 2. The van der Waals surface area contributed by atoms with Crippen LogP contribution in [0.3, 0.4) is 0 Å². The predicted molar refractivity (Wildman–Crippen MR) is 82.3 cm³/mol. The lowest BCUT2D eigenvalue weighted by atomic mass is 10.1. The van der Waals surface area contributed by atoms with E-state index in [1.165, 1.54) is 0 Å². The van der Waals surface area contributed by atoms with Crippen molar-refractivity contribution < 1.29 is 9.59 Å². The van der Waals surface area contributed by atoms with Gasteiger partial charge in [-0.1, -0.05) is 0 Å². The van der Waals surface area contributed by atoms with Crippen molar-refractivity contribution >= 4 is 28.5 Å². The number of anilines is 1. The molecule has 0 spiro atoms. The Hall–Kier alpha value is -2.44. The Labute approximate surface area is 128 Å². The zero-order valence-electron chi connectivity index (χ0n) is 12.9. The first-order valence-corrected chi connectivity index (χ1v) is 7.35. The molecule has 2 aromatic rings. The van der Waals surface area contributed by atoms with Gasteiger partial charge in [0.1, 0.15) is 5.41 Å². The lowest BCUT2D eigenvalue weighted by molar-refractivity contribution is -0.134. The summed E-state index contributed by atoms with van der Waals surface area (Å²) >= 11 is 0. The number of hydrogen-bond acceptors (Lipinski definition) is 4. The Balaban J connectivity index is 1.83. The van der Waals surface area contributed by atoms with Crippen molar-refractivity contribution in [2.45, 2.75) is 32.7 Å². The molecule has 0 saturated heterocycles. The van der Waals surface area contributed by atoms with Crippen molar-refractivity contribution in [2.75, 3.05) is 12.4 Å². The maximum Gasteiger partial charge on any atom is 0.240 e. The molecule has 0 unspecified atom stereocenters. The molecule has 0 atom stereocenters. The van der Waals surface area contributed by atoms with Gasteiger partial charge in [0.15, 0.2) is 5.65 Å². The molecule has 22 heavy (non-hydrogen) atoms. The molecule has 1 fully saturated rings. The summed E-state index contributed by atoms with van der Waals surface area (Å²) in [5.74, 6) is -0.504. The Morgan fingerprint density at radius 1 is 1.27 bits per heavy atom. The molecule has 0 bridgehead atoms. The number of carbonyl (C=O) groups excluding carboxylic acids is 2. The van der Waals surface area contributed by atoms with Gasteiger partial charge in [-0.3, -0.25) is 9.59 Å². The average molecular weight is 301 g/mol. The van der Waals surface area contributed by atoms with Crippen LogP contribution in [0.1, 0.15) is 32.7 Å². The summed E-state index contributed by atoms with van der Waals surface area (Å²) in [6.07, 6.45) is 4.49. The van der Waals surface area contributed by atoms with Gasteiger partial charge in [-0.05, 0) is 32.8 Å². The summed E-state index contributed by atoms with van der Waals surface area (Å²) in [4.78, 5) is 28.5. The fourth-order valence-electron chi connectivity index (χ4n) is 2.56. The summed E-state index contributed by atoms with van der Waals surface area (Å²) in [6, 6.07) is 2.04. The minimum absolute atomic E-state index is 0.216. The van der Waals surface area contributed by atoms with E-state index in [1.807, 2.05) is 24.6 Å². The normalized spacial score (nSPS) is 15.8. The molecule has 2 amide bonds. The maximum atomic E-state index is 12.3. The van der Waals surface area contributed by atoms with E-state index in [1.54, 1.807) is 19.4 Å². The molecular weight excluding hydrogens is 282 g/mol. The van der Waals surface area contributed by atoms with Gasteiger partial charge in [0.25, 0.3) is 0 Å². The predicted octanol–water partition coefficient (Wildman–Crippen LogP) is 1.48. The van der Waals surface area contributed by atoms with Crippen LogP contribution in [-0.4, -0.2) is 33.6 Å². The van der Waals surface area contributed by atoms with E-state index in [0.29, 0.717) is 18.5 Å². The lowest BCUT2D eigenvalue weighted by Gasteiger charge is -2.13. The molecule has 3 rings (SSSR count). The molecule has 2 N–H and O–H groups in total. The van der Waals surface area contributed by atoms with Gasteiger partial charge in [-0.25, -0.2) is 9.67 Å². The summed E-state index contributed by atoms with van der Waals surface area (Å²) < 4.78 is 1.83. The zero-order valence-corrected chi connectivity index (χ0v) is 12.9. The van der Waals surface area contributed by atoms with Crippen molar-refractivity contribution in [3.05, 3.63) is 18.5 Å². The van der Waals surface area contributed by atoms with Gasteiger partial charge >= 0.3 is 0 Å². The van der Waals surface area contributed by atoms with E-state index in [-0.39, 0.29) is 17.9 Å². The van der Waals surface area contributed by atoms with Crippen molar-refractivity contribution in [1.82, 2.24) is 20.1 Å². The van der Waals surface area contributed by atoms with Crippen LogP contribution < -0.4 is 10.6 Å². The quantitative estimate of drug-likeness (QED) is 0.837. The Kier molecular flexibility index (Phi) is 3.35. The molecule has 1 aliphatic carbocycles. The van der Waals surface area contributed by atoms with E-state index in [0.717, 1.165) is 11.0 Å². The number of pyridine rings is 1. The first-order valence-electron chi connectivity index (χ1n) is 7.35. The van der Waals surface area contributed by atoms with Crippen molar-refractivity contribution in [1.29, 1.82) is 0 Å². The Morgan fingerprint density at radius 2 is 2.00 bits per heavy atom. The largest absolute Gasteiger partial charge is 0.358 e. The SMILES string of the molecule is CNC(=O)C1(C(=O)Nc2cnc3c(cnn3C(C)C)c2)CC1. The first-order chi connectivity index (χ1) is 10.5. The number of rotatable bonds is 4. The van der Waals surface area contributed by atoms with Crippen LogP contribution in [0.5, 0.6) is 0 Å². The van der Waals surface area contributed by atoms with Crippen LogP contribution in [0.4, 0.5) is 5.69 Å². The summed E-state index contributed by atoms with van der Waals surface area (Å²) in [6.45, 7) is 4.06. The third-order valence-corrected chi connectivity index (χ3v) is 4.03. The molecule has 0 aliphatic heterocycles. The molecule has 1 aliphatic rings. The molecule has 2 aromatic heterocycles. The molecule has 1 saturated carbocycles. The maximum absolute atomic E-state index is 12.3. The highest BCUT2D eigenvalue weighted by atomic mass is 16.2. The third-order valence-electron chi connectivity index (χ3n) is 4.03. The van der Waals surface area contributed by atoms with Gasteiger partial charge < -0.3 is 10.6 Å². The molecular formula is C15H19N5O2. The Bertz CT molecular complexity index is 745. The Morgan fingerprint density at radius 3 is 2.59 bits per heavy atom. The fraction of sp³-hybridized carbons (Fsp3) is 0.467. The van der Waals surface area contributed by atoms with E-state index in [9.17, 15) is 9.59 Å². The van der Waals surface area contributed by atoms with Gasteiger partial charge in [0, 0.05) is 18.5 Å². The number of aromatic nitrogens is 3. The van der Waals surface area contributed by atoms with Crippen molar-refractivity contribution in [3.8, 4) is 0 Å². The van der Waals surface area contributed by atoms with Crippen LogP contribution in [0.2, 0.25) is 0 Å². The van der Waals surface area contributed by atoms with Gasteiger partial charge in [-0.15, -0.1) is 0 Å². The van der Waals surface area contributed by atoms with Crippen LogP contribution >= 0.6 is 0 Å². The van der Waals surface area contributed by atoms with Crippen LogP contribution in [0, 0.1) is 5.41 Å². The highest BCUT2D eigenvalue weighted by molar-refractivity contribution is 6.13. The third kappa shape index (κ3) is 2.22. The summed E-state index contributed by atoms with van der Waals surface area (Å²) in [5, 5.41) is 10.5. The van der Waals surface area contributed by atoms with E-state index < -0.39 is 5.41 Å². The fourth-order valence-corrected chi connectivity index (χ4v) is 2.56. The number of nitrogens with zero attached hydrogens (tertiary/aromatic N) is 3. The van der Waals surface area contributed by atoms with Crippen molar-refractivity contribution in [2.24, 2.45) is 5.41 Å². The molecule has 2 heterocycles. The zero-order chi connectivity index (χ0) is 15.9. The van der Waals surface area contributed by atoms with Crippen LogP contribution in [0.25, 0.3) is 11.0 Å². The number of nitrogens with one attached hydrogen (secondary N) is 2. The molecule has 116 valence electrons. The van der Waals surface area contributed by atoms with Gasteiger partial charge in [0.05, 0.1) is 18.1 Å². The van der Waals surface area contributed by atoms with Gasteiger partial charge in [0.2, 0.25) is 11.8 Å². The van der Waals surface area contributed by atoms with E-state index in [4.69, 9.17) is 0 Å². The monoisotopic (exact) mass is 301 g/mol. The molecule has 0 aromatic carbocycles. The minimum Gasteiger partial charge on any atom is -0.358 e. The van der Waals surface area contributed by atoms with E-state index in [2.05, 4.69) is 20.7 Å². The van der Waals surface area contributed by atoms with Crippen LogP contribution in [-0.2, 0) is 9.59 Å². The second-order valence-corrected chi connectivity index (χ2v) is 5.94. The average Bonchev–Trinajstić information content (AvgIpc) is 3.20. The highest BCUT2D eigenvalue weighted by Gasteiger charge is 2.56.